The van der Waals surface area contributed by atoms with Crippen LogP contribution in [-0.4, -0.2) is 73.4 Å². The van der Waals surface area contributed by atoms with Crippen molar-refractivity contribution in [2.45, 2.75) is 6.54 Å². The first-order valence-corrected chi connectivity index (χ1v) is 12.1. The van der Waals surface area contributed by atoms with Gasteiger partial charge in [-0.15, -0.1) is 0 Å². The molecule has 0 radical (unpaired) electrons. The van der Waals surface area contributed by atoms with E-state index in [0.29, 0.717) is 11.1 Å². The summed E-state index contributed by atoms with van der Waals surface area (Å²) in [6, 6.07) is 16.5. The minimum absolute atomic E-state index is 0.452. The topological polar surface area (TPSA) is 96.7 Å². The predicted molar refractivity (Wildman–Crippen MR) is 137 cm³/mol. The number of benzene rings is 2. The molecule has 2 aromatic heterocycles. The van der Waals surface area contributed by atoms with Gasteiger partial charge in [-0.05, 0) is 35.9 Å². The predicted octanol–water partition coefficient (Wildman–Crippen LogP) is 3.15. The molecule has 0 atom stereocenters. The first kappa shape index (κ1) is 22.0. The quantitative estimate of drug-likeness (QED) is 0.464. The monoisotopic (exact) mass is 471 g/mol. The zero-order valence-electron chi connectivity index (χ0n) is 19.6. The normalized spacial score (nSPS) is 17.3. The summed E-state index contributed by atoms with van der Waals surface area (Å²) in [7, 11) is 0. The highest BCUT2D eigenvalue weighted by Crippen LogP contribution is 2.32. The molecule has 2 aliphatic heterocycles. The lowest BCUT2D eigenvalue weighted by molar-refractivity contribution is 0.0342. The van der Waals surface area contributed by atoms with Crippen LogP contribution in [0.1, 0.15) is 15.9 Å². The van der Waals surface area contributed by atoms with E-state index in [-0.39, 0.29) is 0 Å². The molecule has 0 aliphatic carbocycles. The largest absolute Gasteiger partial charge is 0.379 e. The summed E-state index contributed by atoms with van der Waals surface area (Å²) in [5, 5.41) is 0.978. The highest BCUT2D eigenvalue weighted by atomic mass is 16.5. The number of carbonyl (C=O) groups excluding carboxylic acids is 1. The van der Waals surface area contributed by atoms with Crippen molar-refractivity contribution >= 4 is 33.5 Å². The van der Waals surface area contributed by atoms with Crippen molar-refractivity contribution in [3.63, 3.8) is 0 Å². The van der Waals surface area contributed by atoms with Gasteiger partial charge in [-0.25, -0.2) is 4.98 Å². The second kappa shape index (κ2) is 9.30. The van der Waals surface area contributed by atoms with E-state index in [1.807, 2.05) is 12.1 Å². The Morgan fingerprint density at radius 1 is 0.971 bits per heavy atom. The number of primary amides is 1. The third-order valence-corrected chi connectivity index (χ3v) is 6.91. The fraction of sp³-hybridized carbons (Fsp3) is 0.333. The molecule has 2 aliphatic rings. The fourth-order valence-corrected chi connectivity index (χ4v) is 5.05. The standard InChI is InChI=1S/C27H29N5O3/c28-27(33)22-16-23(19-3-1-2-18(14-19)17-31-6-10-34-11-7-31)29-25-21-5-4-20(15-24(21)30-26(22)25)32-8-12-35-13-9-32/h1-5,14-16,30H,6-13,17H2,(H2,28,33). The molecule has 8 nitrogen and oxygen atoms in total. The van der Waals surface area contributed by atoms with Gasteiger partial charge in [0.25, 0.3) is 5.91 Å². The number of aromatic amines is 1. The zero-order chi connectivity index (χ0) is 23.8. The van der Waals surface area contributed by atoms with Crippen molar-refractivity contribution in [3.05, 3.63) is 59.7 Å². The highest BCUT2D eigenvalue weighted by molar-refractivity contribution is 6.14. The number of pyridine rings is 1. The Hall–Kier alpha value is -3.46. The van der Waals surface area contributed by atoms with Crippen LogP contribution in [0.4, 0.5) is 5.69 Å². The third-order valence-electron chi connectivity index (χ3n) is 6.91. The maximum absolute atomic E-state index is 12.5. The number of amides is 1. The van der Waals surface area contributed by atoms with Gasteiger partial charge in [0.15, 0.2) is 0 Å². The van der Waals surface area contributed by atoms with Crippen LogP contribution in [-0.2, 0) is 16.0 Å². The maximum Gasteiger partial charge on any atom is 0.250 e. The van der Waals surface area contributed by atoms with Crippen LogP contribution in [0.25, 0.3) is 33.2 Å². The Labute approximate surface area is 203 Å². The summed E-state index contributed by atoms with van der Waals surface area (Å²) in [5.74, 6) is -0.469. The van der Waals surface area contributed by atoms with E-state index in [9.17, 15) is 4.79 Å². The minimum Gasteiger partial charge on any atom is -0.379 e. The molecule has 35 heavy (non-hydrogen) atoms. The smallest absolute Gasteiger partial charge is 0.250 e. The Kier molecular flexibility index (Phi) is 5.85. The van der Waals surface area contributed by atoms with Gasteiger partial charge < -0.3 is 25.1 Å². The van der Waals surface area contributed by atoms with Gasteiger partial charge in [0, 0.05) is 49.4 Å². The molecule has 4 heterocycles. The van der Waals surface area contributed by atoms with Crippen molar-refractivity contribution in [2.24, 2.45) is 5.73 Å². The number of H-pyrrole nitrogens is 1. The van der Waals surface area contributed by atoms with Gasteiger partial charge >= 0.3 is 0 Å². The number of fused-ring (bicyclic) bond motifs is 3. The molecule has 4 aromatic rings. The van der Waals surface area contributed by atoms with Crippen molar-refractivity contribution in [2.75, 3.05) is 57.5 Å². The number of nitrogens with one attached hydrogen (secondary N) is 1. The fourth-order valence-electron chi connectivity index (χ4n) is 5.05. The molecule has 2 fully saturated rings. The van der Waals surface area contributed by atoms with Crippen LogP contribution < -0.4 is 10.6 Å². The summed E-state index contributed by atoms with van der Waals surface area (Å²) in [6.45, 7) is 7.45. The number of ether oxygens (including phenoxy) is 2. The molecular formula is C27H29N5O3. The van der Waals surface area contributed by atoms with Gasteiger partial charge in [0.2, 0.25) is 0 Å². The zero-order valence-corrected chi connectivity index (χ0v) is 19.6. The number of hydrogen-bond acceptors (Lipinski definition) is 6. The van der Waals surface area contributed by atoms with Crippen LogP contribution in [0.3, 0.4) is 0 Å². The molecule has 2 saturated heterocycles. The summed E-state index contributed by atoms with van der Waals surface area (Å²) >= 11 is 0. The van der Waals surface area contributed by atoms with E-state index in [0.717, 1.165) is 92.5 Å². The Balaban J connectivity index is 1.40. The molecule has 0 saturated carbocycles. The number of anilines is 1. The lowest BCUT2D eigenvalue weighted by atomic mass is 10.0. The van der Waals surface area contributed by atoms with Crippen LogP contribution in [0.15, 0.2) is 48.5 Å². The maximum atomic E-state index is 12.5. The average Bonchev–Trinajstić information content (AvgIpc) is 3.27. The van der Waals surface area contributed by atoms with Crippen molar-refractivity contribution < 1.29 is 14.3 Å². The second-order valence-electron chi connectivity index (χ2n) is 9.19. The number of nitrogens with two attached hydrogens (primary N) is 1. The van der Waals surface area contributed by atoms with E-state index in [1.54, 1.807) is 6.07 Å². The summed E-state index contributed by atoms with van der Waals surface area (Å²) in [6.07, 6.45) is 0. The molecule has 6 rings (SSSR count). The SMILES string of the molecule is NC(=O)c1cc(-c2cccc(CN3CCOCC3)c2)nc2c1[nH]c1cc(N3CCOCC3)ccc12. The van der Waals surface area contributed by atoms with Gasteiger partial charge in [-0.2, -0.15) is 0 Å². The molecule has 0 bridgehead atoms. The molecule has 8 heteroatoms. The number of hydrogen-bond donors (Lipinski definition) is 2. The van der Waals surface area contributed by atoms with Crippen LogP contribution in [0, 0.1) is 0 Å². The second-order valence-corrected chi connectivity index (χ2v) is 9.19. The Bertz CT molecular complexity index is 1390. The van der Waals surface area contributed by atoms with E-state index in [2.05, 4.69) is 45.1 Å². The van der Waals surface area contributed by atoms with Crippen LogP contribution in [0.2, 0.25) is 0 Å². The molecular weight excluding hydrogens is 442 g/mol. The van der Waals surface area contributed by atoms with Crippen LogP contribution in [0.5, 0.6) is 0 Å². The summed E-state index contributed by atoms with van der Waals surface area (Å²) in [4.78, 5) is 25.6. The molecule has 180 valence electrons. The lowest BCUT2D eigenvalue weighted by Gasteiger charge is -2.28. The Morgan fingerprint density at radius 2 is 1.74 bits per heavy atom. The summed E-state index contributed by atoms with van der Waals surface area (Å²) in [5.41, 5.74) is 12.7. The number of aromatic nitrogens is 2. The number of nitrogens with zero attached hydrogens (tertiary/aromatic N) is 3. The first-order chi connectivity index (χ1) is 17.2. The number of carbonyl (C=O) groups is 1. The third kappa shape index (κ3) is 4.36. The van der Waals surface area contributed by atoms with E-state index in [4.69, 9.17) is 20.2 Å². The average molecular weight is 472 g/mol. The molecule has 2 aromatic carbocycles. The molecule has 0 spiro atoms. The van der Waals surface area contributed by atoms with E-state index >= 15 is 0 Å². The summed E-state index contributed by atoms with van der Waals surface area (Å²) < 4.78 is 11.0. The van der Waals surface area contributed by atoms with Crippen molar-refractivity contribution in [1.29, 1.82) is 0 Å². The molecule has 1 amide bonds. The lowest BCUT2D eigenvalue weighted by Crippen LogP contribution is -2.36. The van der Waals surface area contributed by atoms with Gasteiger partial charge in [0.1, 0.15) is 0 Å². The van der Waals surface area contributed by atoms with Gasteiger partial charge in [0.05, 0.1) is 54.2 Å². The van der Waals surface area contributed by atoms with Gasteiger partial charge in [-0.3, -0.25) is 9.69 Å². The Morgan fingerprint density at radius 3 is 2.51 bits per heavy atom. The van der Waals surface area contributed by atoms with E-state index < -0.39 is 5.91 Å². The molecule has 0 unspecified atom stereocenters. The molecule has 3 N–H and O–H groups in total. The van der Waals surface area contributed by atoms with Crippen LogP contribution >= 0.6 is 0 Å². The van der Waals surface area contributed by atoms with Crippen molar-refractivity contribution in [3.8, 4) is 11.3 Å². The highest BCUT2D eigenvalue weighted by Gasteiger charge is 2.19. The number of rotatable bonds is 5. The minimum atomic E-state index is -0.469. The number of morpholine rings is 2. The van der Waals surface area contributed by atoms with Gasteiger partial charge in [-0.1, -0.05) is 18.2 Å². The van der Waals surface area contributed by atoms with E-state index in [1.165, 1.54) is 5.56 Å². The van der Waals surface area contributed by atoms with Crippen molar-refractivity contribution in [1.82, 2.24) is 14.9 Å². The first-order valence-electron chi connectivity index (χ1n) is 12.1.